The summed E-state index contributed by atoms with van der Waals surface area (Å²) in [5, 5.41) is 2.94. The molecule has 0 aliphatic rings. The number of ether oxygens (including phenoxy) is 1. The molecule has 5 nitrogen and oxygen atoms in total. The molecule has 5 heteroatoms. The predicted octanol–water partition coefficient (Wildman–Crippen LogP) is 2.82. The molecular weight excluding hydrogens is 340 g/mol. The van der Waals surface area contributed by atoms with Gasteiger partial charge in [-0.25, -0.2) is 0 Å². The van der Waals surface area contributed by atoms with E-state index in [9.17, 15) is 9.59 Å². The molecule has 2 amide bonds. The highest BCUT2D eigenvalue weighted by molar-refractivity contribution is 5.77. The van der Waals surface area contributed by atoms with Gasteiger partial charge in [0.05, 0.1) is 6.61 Å². The van der Waals surface area contributed by atoms with Crippen LogP contribution in [0.25, 0.3) is 0 Å². The number of methoxy groups -OCH3 is 1. The Hall–Kier alpha value is -2.66. The minimum Gasteiger partial charge on any atom is -0.383 e. The quantitative estimate of drug-likeness (QED) is 0.702. The minimum atomic E-state index is -0.0250. The van der Waals surface area contributed by atoms with Crippen LogP contribution in [-0.2, 0) is 14.3 Å². The summed E-state index contributed by atoms with van der Waals surface area (Å²) in [6.07, 6.45) is 0.367. The molecule has 0 saturated carbocycles. The molecule has 0 bridgehead atoms. The van der Waals surface area contributed by atoms with Crippen molar-refractivity contribution in [3.63, 3.8) is 0 Å². The summed E-state index contributed by atoms with van der Waals surface area (Å²) in [6, 6.07) is 20.1. The van der Waals surface area contributed by atoms with Crippen LogP contribution in [0.3, 0.4) is 0 Å². The molecule has 1 N–H and O–H groups in total. The van der Waals surface area contributed by atoms with Gasteiger partial charge in [-0.1, -0.05) is 60.7 Å². The maximum Gasteiger partial charge on any atom is 0.221 e. The maximum atomic E-state index is 12.5. The molecule has 0 radical (unpaired) electrons. The molecule has 144 valence electrons. The number of nitrogens with zero attached hydrogens (tertiary/aromatic N) is 1. The van der Waals surface area contributed by atoms with Crippen molar-refractivity contribution < 1.29 is 14.3 Å². The first kappa shape index (κ1) is 20.6. The van der Waals surface area contributed by atoms with E-state index >= 15 is 0 Å². The van der Waals surface area contributed by atoms with Gasteiger partial charge in [0.1, 0.15) is 0 Å². The first-order chi connectivity index (χ1) is 13.1. The fraction of sp³-hybridized carbons (Fsp3) is 0.364. The summed E-state index contributed by atoms with van der Waals surface area (Å²) in [5.41, 5.74) is 2.23. The second kappa shape index (κ2) is 11.1. The molecule has 0 spiro atoms. The van der Waals surface area contributed by atoms with Gasteiger partial charge in [0.2, 0.25) is 11.8 Å². The van der Waals surface area contributed by atoms with Crippen molar-refractivity contribution in [3.8, 4) is 0 Å². The number of rotatable bonds is 10. The average molecular weight is 368 g/mol. The first-order valence-corrected chi connectivity index (χ1v) is 9.23. The average Bonchev–Trinajstić information content (AvgIpc) is 2.69. The van der Waals surface area contributed by atoms with Crippen LogP contribution in [0.15, 0.2) is 60.7 Å². The zero-order chi connectivity index (χ0) is 19.5. The van der Waals surface area contributed by atoms with E-state index in [1.807, 2.05) is 60.7 Å². The van der Waals surface area contributed by atoms with Crippen molar-refractivity contribution in [3.05, 3.63) is 71.8 Å². The van der Waals surface area contributed by atoms with Gasteiger partial charge in [-0.2, -0.15) is 0 Å². The minimum absolute atomic E-state index is 0.00445. The van der Waals surface area contributed by atoms with Crippen molar-refractivity contribution in [1.29, 1.82) is 0 Å². The van der Waals surface area contributed by atoms with Gasteiger partial charge in [-0.3, -0.25) is 9.59 Å². The normalized spacial score (nSPS) is 10.6. The van der Waals surface area contributed by atoms with E-state index in [1.165, 1.54) is 6.92 Å². The van der Waals surface area contributed by atoms with Crippen LogP contribution < -0.4 is 5.32 Å². The zero-order valence-corrected chi connectivity index (χ0v) is 16.1. The van der Waals surface area contributed by atoms with Gasteiger partial charge < -0.3 is 15.0 Å². The van der Waals surface area contributed by atoms with Crippen LogP contribution in [-0.4, -0.2) is 50.1 Å². The summed E-state index contributed by atoms with van der Waals surface area (Å²) in [6.45, 7) is 3.44. The molecule has 0 aliphatic heterocycles. The monoisotopic (exact) mass is 368 g/mol. The van der Waals surface area contributed by atoms with Crippen molar-refractivity contribution in [2.24, 2.45) is 0 Å². The van der Waals surface area contributed by atoms with Gasteiger partial charge in [0.25, 0.3) is 0 Å². The van der Waals surface area contributed by atoms with E-state index in [2.05, 4.69) is 5.32 Å². The third-order valence-corrected chi connectivity index (χ3v) is 4.51. The molecular formula is C22H28N2O3. The lowest BCUT2D eigenvalue weighted by molar-refractivity contribution is -0.130. The third-order valence-electron chi connectivity index (χ3n) is 4.51. The lowest BCUT2D eigenvalue weighted by Gasteiger charge is -2.21. The molecule has 0 heterocycles. The topological polar surface area (TPSA) is 58.6 Å². The van der Waals surface area contributed by atoms with E-state index in [0.717, 1.165) is 11.1 Å². The van der Waals surface area contributed by atoms with Crippen LogP contribution in [0.1, 0.15) is 30.4 Å². The Kier molecular flexibility index (Phi) is 8.52. The summed E-state index contributed by atoms with van der Waals surface area (Å²) in [4.78, 5) is 25.8. The first-order valence-electron chi connectivity index (χ1n) is 9.23. The van der Waals surface area contributed by atoms with Crippen LogP contribution in [0.4, 0.5) is 0 Å². The number of hydrogen-bond acceptors (Lipinski definition) is 3. The second-order valence-electron chi connectivity index (χ2n) is 6.43. The Balaban J connectivity index is 1.95. The number of carbonyl (C=O) groups is 2. The Bertz CT molecular complexity index is 665. The van der Waals surface area contributed by atoms with Crippen LogP contribution >= 0.6 is 0 Å². The second-order valence-corrected chi connectivity index (χ2v) is 6.43. The number of nitrogens with one attached hydrogen (secondary N) is 1. The fourth-order valence-corrected chi connectivity index (χ4v) is 3.01. The van der Waals surface area contributed by atoms with Crippen LogP contribution in [0.2, 0.25) is 0 Å². The lowest BCUT2D eigenvalue weighted by atomic mass is 9.88. The molecule has 0 aliphatic carbocycles. The highest BCUT2D eigenvalue weighted by Gasteiger charge is 2.18. The molecule has 2 aromatic carbocycles. The van der Waals surface area contributed by atoms with Crippen molar-refractivity contribution in [2.45, 2.75) is 19.3 Å². The Labute approximate surface area is 161 Å². The van der Waals surface area contributed by atoms with E-state index in [4.69, 9.17) is 4.74 Å². The molecule has 0 atom stereocenters. The molecule has 0 saturated heterocycles. The van der Waals surface area contributed by atoms with E-state index in [0.29, 0.717) is 32.7 Å². The SMILES string of the molecule is COCCN(CCNC(=O)CC(c1ccccc1)c1ccccc1)C(C)=O. The smallest absolute Gasteiger partial charge is 0.221 e. The number of hydrogen-bond donors (Lipinski definition) is 1. The van der Waals surface area contributed by atoms with E-state index in [1.54, 1.807) is 12.0 Å². The van der Waals surface area contributed by atoms with Crippen molar-refractivity contribution >= 4 is 11.8 Å². The molecule has 0 fully saturated rings. The summed E-state index contributed by atoms with van der Waals surface area (Å²) in [5.74, 6) is -0.0412. The molecule has 2 aromatic rings. The standard InChI is InChI=1S/C22H28N2O3/c1-18(25)24(15-16-27-2)14-13-23-22(26)17-21(19-9-5-3-6-10-19)20-11-7-4-8-12-20/h3-12,21H,13-17H2,1-2H3,(H,23,26). The summed E-state index contributed by atoms with van der Waals surface area (Å²) < 4.78 is 5.02. The number of benzene rings is 2. The molecule has 0 unspecified atom stereocenters. The van der Waals surface area contributed by atoms with Gasteiger partial charge >= 0.3 is 0 Å². The van der Waals surface area contributed by atoms with E-state index in [-0.39, 0.29) is 17.7 Å². The molecule has 2 rings (SSSR count). The zero-order valence-electron chi connectivity index (χ0n) is 16.1. The van der Waals surface area contributed by atoms with Gasteiger partial charge in [-0.15, -0.1) is 0 Å². The maximum absolute atomic E-state index is 12.5. The highest BCUT2D eigenvalue weighted by Crippen LogP contribution is 2.27. The number of carbonyl (C=O) groups excluding carboxylic acids is 2. The predicted molar refractivity (Wildman–Crippen MR) is 106 cm³/mol. The Morgan fingerprint density at radius 1 is 0.963 bits per heavy atom. The summed E-state index contributed by atoms with van der Waals surface area (Å²) in [7, 11) is 1.60. The van der Waals surface area contributed by atoms with Gasteiger partial charge in [-0.05, 0) is 11.1 Å². The lowest BCUT2D eigenvalue weighted by Crippen LogP contribution is -2.39. The Morgan fingerprint density at radius 2 is 1.52 bits per heavy atom. The Morgan fingerprint density at radius 3 is 2.00 bits per heavy atom. The van der Waals surface area contributed by atoms with Gasteiger partial charge in [0, 0.05) is 46.0 Å². The fourth-order valence-electron chi connectivity index (χ4n) is 3.01. The van der Waals surface area contributed by atoms with E-state index < -0.39 is 0 Å². The van der Waals surface area contributed by atoms with Crippen LogP contribution in [0, 0.1) is 0 Å². The number of amides is 2. The third kappa shape index (κ3) is 6.87. The van der Waals surface area contributed by atoms with Gasteiger partial charge in [0.15, 0.2) is 0 Å². The summed E-state index contributed by atoms with van der Waals surface area (Å²) >= 11 is 0. The van der Waals surface area contributed by atoms with Crippen molar-refractivity contribution in [1.82, 2.24) is 10.2 Å². The largest absolute Gasteiger partial charge is 0.383 e. The molecule has 27 heavy (non-hydrogen) atoms. The molecule has 0 aromatic heterocycles. The van der Waals surface area contributed by atoms with Crippen LogP contribution in [0.5, 0.6) is 0 Å². The highest BCUT2D eigenvalue weighted by atomic mass is 16.5. The van der Waals surface area contributed by atoms with Crippen molar-refractivity contribution in [2.75, 3.05) is 33.4 Å².